The number of rotatable bonds is 4. The van der Waals surface area contributed by atoms with Crippen LogP contribution in [0.5, 0.6) is 0 Å². The number of thioether (sulfide) groups is 1. The Morgan fingerprint density at radius 1 is 1.79 bits per heavy atom. The molecule has 1 N–H and O–H groups in total. The maximum atomic E-state index is 10.7. The topological polar surface area (TPSA) is 68.1 Å². The van der Waals surface area contributed by atoms with Crippen LogP contribution in [-0.2, 0) is 14.4 Å². The molecule has 0 radical (unpaired) electrons. The summed E-state index contributed by atoms with van der Waals surface area (Å²) in [6, 6.07) is 0. The third-order valence-electron chi connectivity index (χ3n) is 1.70. The highest BCUT2D eigenvalue weighted by molar-refractivity contribution is 7.99. The fourth-order valence-corrected chi connectivity index (χ4v) is 2.10. The molecular weight excluding hydrogens is 206 g/mol. The highest BCUT2D eigenvalue weighted by Gasteiger charge is 2.21. The molecule has 1 saturated heterocycles. The lowest BCUT2D eigenvalue weighted by Crippen LogP contribution is -2.24. The number of carboxylic acid groups (broad SMARTS) is 1. The van der Waals surface area contributed by atoms with Gasteiger partial charge in [-0.2, -0.15) is 0 Å². The molecule has 5 nitrogen and oxygen atoms in total. The molecular formula is C8H13NO4S. The second-order valence-corrected chi connectivity index (χ2v) is 4.02. The van der Waals surface area contributed by atoms with Gasteiger partial charge in [0.25, 0.3) is 0 Å². The first-order valence-electron chi connectivity index (χ1n) is 4.30. The first-order chi connectivity index (χ1) is 6.74. The van der Waals surface area contributed by atoms with Crippen molar-refractivity contribution >= 4 is 23.4 Å². The third kappa shape index (κ3) is 3.55. The molecule has 0 amide bonds. The SMILES string of the molecule is CON=C(CC1OCCCS1)C(=O)O. The van der Waals surface area contributed by atoms with Gasteiger partial charge < -0.3 is 14.7 Å². The van der Waals surface area contributed by atoms with E-state index in [9.17, 15) is 4.79 Å². The fourth-order valence-electron chi connectivity index (χ4n) is 1.09. The standard InChI is InChI=1S/C8H13NO4S/c1-12-9-6(8(10)11)5-7-13-3-2-4-14-7/h7H,2-5H2,1H3,(H,10,11). The number of nitrogens with zero attached hydrogens (tertiary/aromatic N) is 1. The van der Waals surface area contributed by atoms with Gasteiger partial charge in [0.05, 0.1) is 0 Å². The minimum absolute atomic E-state index is 0.00639. The summed E-state index contributed by atoms with van der Waals surface area (Å²) in [5.41, 5.74) is -0.0966. The molecule has 1 heterocycles. The lowest BCUT2D eigenvalue weighted by Gasteiger charge is -2.21. The summed E-state index contributed by atoms with van der Waals surface area (Å²) in [6.45, 7) is 0.692. The van der Waals surface area contributed by atoms with Crippen LogP contribution in [0.4, 0.5) is 0 Å². The van der Waals surface area contributed by atoms with E-state index < -0.39 is 5.97 Å². The maximum absolute atomic E-state index is 10.7. The lowest BCUT2D eigenvalue weighted by molar-refractivity contribution is -0.129. The average Bonchev–Trinajstić information content (AvgIpc) is 2.18. The molecule has 0 aromatic rings. The van der Waals surface area contributed by atoms with Gasteiger partial charge in [-0.25, -0.2) is 4.79 Å². The molecule has 0 aliphatic carbocycles. The van der Waals surface area contributed by atoms with E-state index in [4.69, 9.17) is 9.84 Å². The number of oxime groups is 1. The average molecular weight is 219 g/mol. The highest BCUT2D eigenvalue weighted by Crippen LogP contribution is 2.22. The van der Waals surface area contributed by atoms with E-state index in [-0.39, 0.29) is 17.6 Å². The minimum Gasteiger partial charge on any atom is -0.477 e. The lowest BCUT2D eigenvalue weighted by atomic mass is 10.3. The van der Waals surface area contributed by atoms with E-state index >= 15 is 0 Å². The van der Waals surface area contributed by atoms with Gasteiger partial charge in [-0.3, -0.25) is 0 Å². The number of hydrogen-bond acceptors (Lipinski definition) is 5. The van der Waals surface area contributed by atoms with Crippen molar-refractivity contribution in [2.45, 2.75) is 18.3 Å². The van der Waals surface area contributed by atoms with Crippen molar-refractivity contribution in [3.63, 3.8) is 0 Å². The van der Waals surface area contributed by atoms with E-state index in [1.165, 1.54) is 7.11 Å². The van der Waals surface area contributed by atoms with E-state index in [1.54, 1.807) is 11.8 Å². The Morgan fingerprint density at radius 3 is 3.07 bits per heavy atom. The summed E-state index contributed by atoms with van der Waals surface area (Å²) < 4.78 is 5.37. The van der Waals surface area contributed by atoms with Gasteiger partial charge in [-0.05, 0) is 12.2 Å². The summed E-state index contributed by atoms with van der Waals surface area (Å²) in [4.78, 5) is 15.1. The molecule has 0 spiro atoms. The number of carboxylic acids is 1. The summed E-state index contributed by atoms with van der Waals surface area (Å²) in [6.07, 6.45) is 1.30. The molecule has 0 saturated carbocycles. The van der Waals surface area contributed by atoms with Gasteiger partial charge in [-0.15, -0.1) is 11.8 Å². The number of aliphatic carboxylic acids is 1. The fraction of sp³-hybridized carbons (Fsp3) is 0.750. The molecule has 1 fully saturated rings. The van der Waals surface area contributed by atoms with Crippen LogP contribution >= 0.6 is 11.8 Å². The van der Waals surface area contributed by atoms with Crippen molar-refractivity contribution in [2.75, 3.05) is 19.5 Å². The van der Waals surface area contributed by atoms with Crippen molar-refractivity contribution in [1.29, 1.82) is 0 Å². The van der Waals surface area contributed by atoms with Crippen molar-refractivity contribution in [1.82, 2.24) is 0 Å². The predicted molar refractivity (Wildman–Crippen MR) is 53.5 cm³/mol. The van der Waals surface area contributed by atoms with Crippen LogP contribution in [0.2, 0.25) is 0 Å². The van der Waals surface area contributed by atoms with Crippen LogP contribution in [0.25, 0.3) is 0 Å². The van der Waals surface area contributed by atoms with Crippen LogP contribution in [-0.4, -0.2) is 41.7 Å². The number of carbonyl (C=O) groups is 1. The molecule has 1 atom stereocenters. The summed E-state index contributed by atoms with van der Waals surface area (Å²) in [5, 5.41) is 12.2. The second kappa shape index (κ2) is 5.87. The highest BCUT2D eigenvalue weighted by atomic mass is 32.2. The molecule has 1 rings (SSSR count). The van der Waals surface area contributed by atoms with E-state index in [0.29, 0.717) is 6.61 Å². The van der Waals surface area contributed by atoms with Crippen molar-refractivity contribution < 1.29 is 19.5 Å². The summed E-state index contributed by atoms with van der Waals surface area (Å²) >= 11 is 1.61. The van der Waals surface area contributed by atoms with Crippen molar-refractivity contribution in [3.8, 4) is 0 Å². The maximum Gasteiger partial charge on any atom is 0.353 e. The van der Waals surface area contributed by atoms with Crippen LogP contribution in [0.15, 0.2) is 5.16 Å². The van der Waals surface area contributed by atoms with Crippen LogP contribution in [0.3, 0.4) is 0 Å². The van der Waals surface area contributed by atoms with E-state index in [0.717, 1.165) is 12.2 Å². The molecule has 0 aromatic heterocycles. The third-order valence-corrected chi connectivity index (χ3v) is 2.90. The smallest absolute Gasteiger partial charge is 0.353 e. The zero-order valence-corrected chi connectivity index (χ0v) is 8.75. The first kappa shape index (κ1) is 11.3. The summed E-state index contributed by atoms with van der Waals surface area (Å²) in [5.74, 6) is -0.0495. The quantitative estimate of drug-likeness (QED) is 0.563. The Morgan fingerprint density at radius 2 is 2.57 bits per heavy atom. The summed E-state index contributed by atoms with van der Waals surface area (Å²) in [7, 11) is 1.33. The van der Waals surface area contributed by atoms with Gasteiger partial charge in [-0.1, -0.05) is 5.16 Å². The van der Waals surface area contributed by atoms with Crippen LogP contribution in [0.1, 0.15) is 12.8 Å². The zero-order chi connectivity index (χ0) is 10.4. The Kier molecular flexibility index (Phi) is 4.75. The first-order valence-corrected chi connectivity index (χ1v) is 5.35. The molecule has 0 bridgehead atoms. The zero-order valence-electron chi connectivity index (χ0n) is 7.93. The van der Waals surface area contributed by atoms with E-state index in [1.807, 2.05) is 0 Å². The number of ether oxygens (including phenoxy) is 1. The monoisotopic (exact) mass is 219 g/mol. The molecule has 14 heavy (non-hydrogen) atoms. The second-order valence-electron chi connectivity index (χ2n) is 2.75. The Bertz CT molecular complexity index is 225. The Balaban J connectivity index is 2.46. The normalized spacial score (nSPS) is 23.2. The number of hydrogen-bond donors (Lipinski definition) is 1. The van der Waals surface area contributed by atoms with Crippen LogP contribution in [0, 0.1) is 0 Å². The van der Waals surface area contributed by atoms with Gasteiger partial charge >= 0.3 is 5.97 Å². The van der Waals surface area contributed by atoms with Crippen molar-refractivity contribution in [2.24, 2.45) is 5.16 Å². The molecule has 1 aliphatic heterocycles. The Labute approximate surface area is 86.4 Å². The Hall–Kier alpha value is -0.750. The molecule has 1 unspecified atom stereocenters. The minimum atomic E-state index is -1.05. The van der Waals surface area contributed by atoms with Gasteiger partial charge in [0.2, 0.25) is 0 Å². The van der Waals surface area contributed by atoms with Crippen molar-refractivity contribution in [3.05, 3.63) is 0 Å². The molecule has 1 aliphatic rings. The van der Waals surface area contributed by atoms with E-state index in [2.05, 4.69) is 9.99 Å². The molecule has 0 aromatic carbocycles. The largest absolute Gasteiger partial charge is 0.477 e. The predicted octanol–water partition coefficient (Wildman–Crippen LogP) is 0.943. The molecule has 6 heteroatoms. The molecule has 80 valence electrons. The van der Waals surface area contributed by atoms with Gasteiger partial charge in [0.15, 0.2) is 5.71 Å². The van der Waals surface area contributed by atoms with Crippen LogP contribution < -0.4 is 0 Å². The van der Waals surface area contributed by atoms with Gasteiger partial charge in [0.1, 0.15) is 12.5 Å². The van der Waals surface area contributed by atoms with Gasteiger partial charge in [0, 0.05) is 13.0 Å².